The zero-order chi connectivity index (χ0) is 14.4. The molecule has 0 spiro atoms. The van der Waals surface area contributed by atoms with Crippen molar-refractivity contribution in [2.45, 2.75) is 6.92 Å². The summed E-state index contributed by atoms with van der Waals surface area (Å²) in [6.45, 7) is 2.59. The van der Waals surface area contributed by atoms with E-state index in [1.54, 1.807) is 29.2 Å². The summed E-state index contributed by atoms with van der Waals surface area (Å²) in [6.07, 6.45) is 3.38. The largest absolute Gasteiger partial charge is 0.309 e. The van der Waals surface area contributed by atoms with Gasteiger partial charge < -0.3 is 4.90 Å². The zero-order valence-corrected chi connectivity index (χ0v) is 12.0. The van der Waals surface area contributed by atoms with Crippen molar-refractivity contribution in [1.82, 2.24) is 0 Å². The molecule has 102 valence electrons. The fourth-order valence-electron chi connectivity index (χ4n) is 1.90. The number of benzene rings is 2. The predicted octanol–water partition coefficient (Wildman–Crippen LogP) is 4.41. The van der Waals surface area contributed by atoms with E-state index in [1.807, 2.05) is 49.4 Å². The predicted molar refractivity (Wildman–Crippen MR) is 85.0 cm³/mol. The normalized spacial score (nSPS) is 10.7. The molecule has 0 aromatic heterocycles. The Labute approximate surface area is 124 Å². The third kappa shape index (κ3) is 3.72. The van der Waals surface area contributed by atoms with Gasteiger partial charge in [0.1, 0.15) is 0 Å². The third-order valence-electron chi connectivity index (χ3n) is 2.94. The average Bonchev–Trinajstić information content (AvgIpc) is 2.48. The maximum absolute atomic E-state index is 12.2. The van der Waals surface area contributed by atoms with Crippen molar-refractivity contribution in [3.05, 3.63) is 71.3 Å². The second-order valence-electron chi connectivity index (χ2n) is 4.30. The van der Waals surface area contributed by atoms with Gasteiger partial charge in [0.05, 0.1) is 0 Å². The number of para-hydroxylation sites is 1. The van der Waals surface area contributed by atoms with E-state index in [1.165, 1.54) is 0 Å². The Morgan fingerprint density at radius 1 is 1.10 bits per heavy atom. The lowest BCUT2D eigenvalue weighted by atomic mass is 10.2. The maximum atomic E-state index is 12.2. The molecule has 0 aliphatic rings. The van der Waals surface area contributed by atoms with Gasteiger partial charge in [-0.2, -0.15) is 0 Å². The Morgan fingerprint density at radius 3 is 2.35 bits per heavy atom. The molecule has 3 heteroatoms. The number of anilines is 1. The smallest absolute Gasteiger partial charge is 0.250 e. The van der Waals surface area contributed by atoms with E-state index in [-0.39, 0.29) is 5.91 Å². The standard InChI is InChI=1S/C17H16ClNO/c1-2-19(16-6-4-3-5-7-16)17(20)13-10-14-8-11-15(18)12-9-14/h3-13H,2H2,1H3. The molecule has 0 radical (unpaired) electrons. The quantitative estimate of drug-likeness (QED) is 0.762. The van der Waals surface area contributed by atoms with Crippen LogP contribution in [0.3, 0.4) is 0 Å². The number of likely N-dealkylation sites (N-methyl/N-ethyl adjacent to an activating group) is 1. The number of amides is 1. The minimum atomic E-state index is -0.0337. The molecule has 1 amide bonds. The number of hydrogen-bond acceptors (Lipinski definition) is 1. The van der Waals surface area contributed by atoms with Crippen LogP contribution >= 0.6 is 11.6 Å². The SMILES string of the molecule is CCN(C(=O)C=Cc1ccc(Cl)cc1)c1ccccc1. The molecular weight excluding hydrogens is 270 g/mol. The van der Waals surface area contributed by atoms with Crippen LogP contribution in [0.25, 0.3) is 6.08 Å². The Hall–Kier alpha value is -2.06. The van der Waals surface area contributed by atoms with Gasteiger partial charge in [-0.3, -0.25) is 4.79 Å². The highest BCUT2D eigenvalue weighted by Gasteiger charge is 2.09. The first-order valence-corrected chi connectivity index (χ1v) is 6.88. The topological polar surface area (TPSA) is 20.3 Å². The molecule has 0 saturated heterocycles. The van der Waals surface area contributed by atoms with Crippen LogP contribution < -0.4 is 4.90 Å². The van der Waals surface area contributed by atoms with Crippen LogP contribution in [-0.2, 0) is 4.79 Å². The zero-order valence-electron chi connectivity index (χ0n) is 11.3. The van der Waals surface area contributed by atoms with Crippen molar-refractivity contribution in [2.75, 3.05) is 11.4 Å². The molecule has 0 saturated carbocycles. The summed E-state index contributed by atoms with van der Waals surface area (Å²) in [4.78, 5) is 14.0. The summed E-state index contributed by atoms with van der Waals surface area (Å²) >= 11 is 5.83. The molecule has 2 rings (SSSR count). The Kier molecular flexibility index (Phi) is 4.97. The van der Waals surface area contributed by atoms with Crippen molar-refractivity contribution < 1.29 is 4.79 Å². The molecule has 2 aromatic carbocycles. The minimum Gasteiger partial charge on any atom is -0.309 e. The Balaban J connectivity index is 2.12. The number of carbonyl (C=O) groups is 1. The van der Waals surface area contributed by atoms with Gasteiger partial charge in [-0.25, -0.2) is 0 Å². The summed E-state index contributed by atoms with van der Waals surface area (Å²) in [5.74, 6) is -0.0337. The third-order valence-corrected chi connectivity index (χ3v) is 3.19. The number of hydrogen-bond donors (Lipinski definition) is 0. The first kappa shape index (κ1) is 14.4. The summed E-state index contributed by atoms with van der Waals surface area (Å²) in [5.41, 5.74) is 1.85. The molecule has 2 aromatic rings. The van der Waals surface area contributed by atoms with Crippen LogP contribution in [0.5, 0.6) is 0 Å². The van der Waals surface area contributed by atoms with E-state index < -0.39 is 0 Å². The van der Waals surface area contributed by atoms with E-state index >= 15 is 0 Å². The van der Waals surface area contributed by atoms with Crippen molar-refractivity contribution in [3.8, 4) is 0 Å². The van der Waals surface area contributed by atoms with E-state index in [4.69, 9.17) is 11.6 Å². The number of carbonyl (C=O) groups excluding carboxylic acids is 1. The van der Waals surface area contributed by atoms with E-state index in [0.29, 0.717) is 11.6 Å². The molecule has 0 N–H and O–H groups in total. The molecule has 0 bridgehead atoms. The Bertz CT molecular complexity index is 590. The highest BCUT2D eigenvalue weighted by atomic mass is 35.5. The van der Waals surface area contributed by atoms with Gasteiger partial charge in [-0.1, -0.05) is 41.9 Å². The van der Waals surface area contributed by atoms with Crippen LogP contribution in [0, 0.1) is 0 Å². The van der Waals surface area contributed by atoms with Crippen LogP contribution in [0.4, 0.5) is 5.69 Å². The molecule has 0 atom stereocenters. The molecule has 20 heavy (non-hydrogen) atoms. The van der Waals surface area contributed by atoms with Gasteiger partial charge in [-0.15, -0.1) is 0 Å². The fraction of sp³-hybridized carbons (Fsp3) is 0.118. The van der Waals surface area contributed by atoms with Gasteiger partial charge >= 0.3 is 0 Å². The lowest BCUT2D eigenvalue weighted by Gasteiger charge is -2.19. The van der Waals surface area contributed by atoms with Crippen LogP contribution in [0.1, 0.15) is 12.5 Å². The number of halogens is 1. The van der Waals surface area contributed by atoms with Gasteiger partial charge in [0, 0.05) is 23.3 Å². The lowest BCUT2D eigenvalue weighted by molar-refractivity contribution is -0.114. The number of rotatable bonds is 4. The average molecular weight is 286 g/mol. The Morgan fingerprint density at radius 2 is 1.75 bits per heavy atom. The lowest BCUT2D eigenvalue weighted by Crippen LogP contribution is -2.28. The molecule has 0 heterocycles. The van der Waals surface area contributed by atoms with Gasteiger partial charge in [-0.05, 0) is 42.8 Å². The van der Waals surface area contributed by atoms with Crippen molar-refractivity contribution >= 4 is 29.3 Å². The highest BCUT2D eigenvalue weighted by Crippen LogP contribution is 2.14. The molecule has 0 aliphatic heterocycles. The first-order valence-electron chi connectivity index (χ1n) is 6.51. The summed E-state index contributed by atoms with van der Waals surface area (Å²) < 4.78 is 0. The van der Waals surface area contributed by atoms with E-state index in [9.17, 15) is 4.79 Å². The van der Waals surface area contributed by atoms with Gasteiger partial charge in [0.2, 0.25) is 0 Å². The van der Waals surface area contributed by atoms with Crippen LogP contribution in [0.15, 0.2) is 60.7 Å². The van der Waals surface area contributed by atoms with E-state index in [2.05, 4.69) is 0 Å². The van der Waals surface area contributed by atoms with Crippen molar-refractivity contribution in [3.63, 3.8) is 0 Å². The summed E-state index contributed by atoms with van der Waals surface area (Å²) in [5, 5.41) is 0.688. The summed E-state index contributed by atoms with van der Waals surface area (Å²) in [7, 11) is 0. The second kappa shape index (κ2) is 6.92. The molecule has 0 aliphatic carbocycles. The maximum Gasteiger partial charge on any atom is 0.250 e. The monoisotopic (exact) mass is 285 g/mol. The van der Waals surface area contributed by atoms with Crippen LogP contribution in [-0.4, -0.2) is 12.5 Å². The molecule has 0 fully saturated rings. The van der Waals surface area contributed by atoms with Gasteiger partial charge in [0.25, 0.3) is 5.91 Å². The first-order chi connectivity index (χ1) is 9.70. The number of nitrogens with zero attached hydrogens (tertiary/aromatic N) is 1. The van der Waals surface area contributed by atoms with E-state index in [0.717, 1.165) is 11.3 Å². The molecule has 2 nitrogen and oxygen atoms in total. The minimum absolute atomic E-state index is 0.0337. The van der Waals surface area contributed by atoms with Crippen LogP contribution in [0.2, 0.25) is 5.02 Å². The summed E-state index contributed by atoms with van der Waals surface area (Å²) in [6, 6.07) is 17.0. The van der Waals surface area contributed by atoms with Gasteiger partial charge in [0.15, 0.2) is 0 Å². The second-order valence-corrected chi connectivity index (χ2v) is 4.74. The van der Waals surface area contributed by atoms with Crippen molar-refractivity contribution in [1.29, 1.82) is 0 Å². The highest BCUT2D eigenvalue weighted by molar-refractivity contribution is 6.30. The molecular formula is C17H16ClNO. The molecule has 0 unspecified atom stereocenters. The fourth-order valence-corrected chi connectivity index (χ4v) is 2.03. The van der Waals surface area contributed by atoms with Crippen molar-refractivity contribution in [2.24, 2.45) is 0 Å².